The summed E-state index contributed by atoms with van der Waals surface area (Å²) in [6.07, 6.45) is 6.57. The zero-order valence-electron chi connectivity index (χ0n) is 33.2. The third-order valence-corrected chi connectivity index (χ3v) is 11.6. The van der Waals surface area contributed by atoms with Crippen LogP contribution in [0.5, 0.6) is 11.5 Å². The molecule has 0 spiro atoms. The van der Waals surface area contributed by atoms with Crippen molar-refractivity contribution in [2.75, 3.05) is 68.6 Å². The molecule has 0 bridgehead atoms. The lowest BCUT2D eigenvalue weighted by Crippen LogP contribution is -2.53. The first-order chi connectivity index (χ1) is 29.5. The van der Waals surface area contributed by atoms with E-state index < -0.39 is 0 Å². The monoisotopic (exact) mass is 910 g/mol. The van der Waals surface area contributed by atoms with Gasteiger partial charge in [0.15, 0.2) is 0 Å². The molecular formula is C44H46Cl4N6O7. The summed E-state index contributed by atoms with van der Waals surface area (Å²) < 4.78 is 16.6. The van der Waals surface area contributed by atoms with Crippen LogP contribution < -0.4 is 30.7 Å². The summed E-state index contributed by atoms with van der Waals surface area (Å²) in [4.78, 5) is 49.8. The van der Waals surface area contributed by atoms with Crippen molar-refractivity contribution in [1.82, 2.24) is 10.2 Å². The summed E-state index contributed by atoms with van der Waals surface area (Å²) in [5, 5.41) is 13.4. The molecule has 0 aromatic heterocycles. The molecule has 61 heavy (non-hydrogen) atoms. The Morgan fingerprint density at radius 3 is 1.77 bits per heavy atom. The van der Waals surface area contributed by atoms with Crippen LogP contribution in [0.3, 0.4) is 0 Å². The number of aryl methyl sites for hydroxylation is 2. The van der Waals surface area contributed by atoms with Gasteiger partial charge in [-0.1, -0.05) is 46.4 Å². The number of halogens is 4. The molecule has 3 saturated heterocycles. The van der Waals surface area contributed by atoms with Gasteiger partial charge in [0.05, 0.1) is 39.0 Å². The number of isocyanates is 1. The summed E-state index contributed by atoms with van der Waals surface area (Å²) in [5.74, 6) is 2.78. The van der Waals surface area contributed by atoms with E-state index in [0.29, 0.717) is 69.9 Å². The van der Waals surface area contributed by atoms with E-state index in [1.54, 1.807) is 35.2 Å². The molecule has 4 aromatic rings. The second kappa shape index (κ2) is 22.8. The summed E-state index contributed by atoms with van der Waals surface area (Å²) >= 11 is 23.1. The summed E-state index contributed by atoms with van der Waals surface area (Å²) in [6.45, 7) is 6.70. The van der Waals surface area contributed by atoms with Crippen molar-refractivity contribution in [3.8, 4) is 11.5 Å². The molecule has 3 fully saturated rings. The number of benzene rings is 4. The molecule has 322 valence electrons. The molecule has 17 heteroatoms. The predicted octanol–water partition coefficient (Wildman–Crippen LogP) is 9.35. The van der Waals surface area contributed by atoms with Gasteiger partial charge in [-0.2, -0.15) is 4.99 Å². The molecule has 13 nitrogen and oxygen atoms in total. The van der Waals surface area contributed by atoms with Crippen molar-refractivity contribution in [1.29, 1.82) is 0 Å². The molecule has 0 radical (unpaired) electrons. The van der Waals surface area contributed by atoms with Gasteiger partial charge in [0.1, 0.15) is 11.5 Å². The second-order valence-electron chi connectivity index (χ2n) is 14.8. The van der Waals surface area contributed by atoms with Gasteiger partial charge in [0.2, 0.25) is 17.9 Å². The highest BCUT2D eigenvalue weighted by Crippen LogP contribution is 2.30. The maximum absolute atomic E-state index is 12.3. The third kappa shape index (κ3) is 14.1. The largest absolute Gasteiger partial charge is 0.493 e. The number of ether oxygens (including phenoxy) is 3. The summed E-state index contributed by atoms with van der Waals surface area (Å²) in [7, 11) is 0. The lowest BCUT2D eigenvalue weighted by Gasteiger charge is -2.38. The fraction of sp³-hybridized carbons (Fsp3) is 0.364. The van der Waals surface area contributed by atoms with Crippen molar-refractivity contribution in [2.45, 2.75) is 38.5 Å². The number of hydrogen-bond acceptors (Lipinski definition) is 9. The molecule has 0 unspecified atom stereocenters. The molecule has 4 aromatic carbocycles. The number of nitrogens with one attached hydrogen (secondary N) is 4. The van der Waals surface area contributed by atoms with Crippen LogP contribution in [0.25, 0.3) is 0 Å². The Hall–Kier alpha value is -4.85. The number of fused-ring (bicyclic) bond motifs is 2. The normalized spacial score (nSPS) is 16.3. The SMILES string of the molecule is C1CCOC1.O=C1CCc2cc(OCC3CN(C(=O)Nc4ccc(Cl)c(Cl)c4)C3)ccc2N1.O=C1CCc2cc(OCC3CNC3)ccc2N1.O=C=Nc1ccc(Cl)c(Cl)c1. The minimum Gasteiger partial charge on any atom is -0.493 e. The fourth-order valence-electron chi connectivity index (χ4n) is 6.53. The molecule has 9 rings (SSSR count). The van der Waals surface area contributed by atoms with Crippen molar-refractivity contribution in [3.63, 3.8) is 0 Å². The molecular weight excluding hydrogens is 866 g/mol. The summed E-state index contributed by atoms with van der Waals surface area (Å²) in [6, 6.07) is 21.1. The third-order valence-electron chi connectivity index (χ3n) is 10.1. The Morgan fingerprint density at radius 1 is 0.721 bits per heavy atom. The molecule has 4 N–H and O–H groups in total. The number of urea groups is 1. The van der Waals surface area contributed by atoms with Gasteiger partial charge in [0, 0.05) is 81.1 Å². The van der Waals surface area contributed by atoms with Gasteiger partial charge >= 0.3 is 6.03 Å². The zero-order valence-corrected chi connectivity index (χ0v) is 36.3. The van der Waals surface area contributed by atoms with Gasteiger partial charge in [-0.05, 0) is 110 Å². The van der Waals surface area contributed by atoms with E-state index in [9.17, 15) is 19.2 Å². The maximum atomic E-state index is 12.3. The van der Waals surface area contributed by atoms with E-state index in [-0.39, 0.29) is 23.8 Å². The Kier molecular flexibility index (Phi) is 17.1. The van der Waals surface area contributed by atoms with Crippen LogP contribution in [-0.2, 0) is 32.0 Å². The number of carbonyl (C=O) groups is 3. The van der Waals surface area contributed by atoms with E-state index in [4.69, 9.17) is 60.6 Å². The van der Waals surface area contributed by atoms with E-state index in [1.807, 2.05) is 36.4 Å². The number of amides is 4. The van der Waals surface area contributed by atoms with Crippen LogP contribution >= 0.6 is 46.4 Å². The molecule has 5 heterocycles. The quantitative estimate of drug-likeness (QED) is 0.101. The second-order valence-corrected chi connectivity index (χ2v) is 16.5. The highest BCUT2D eigenvalue weighted by molar-refractivity contribution is 6.42. The van der Waals surface area contributed by atoms with Crippen molar-refractivity contribution in [3.05, 3.63) is 104 Å². The number of anilines is 3. The van der Waals surface area contributed by atoms with Gasteiger partial charge in [-0.3, -0.25) is 9.59 Å². The average Bonchev–Trinajstić information content (AvgIpc) is 3.81. The van der Waals surface area contributed by atoms with Gasteiger partial charge < -0.3 is 40.4 Å². The van der Waals surface area contributed by atoms with E-state index in [1.165, 1.54) is 30.6 Å². The molecule has 5 aliphatic rings. The average molecular weight is 913 g/mol. The molecule has 0 atom stereocenters. The summed E-state index contributed by atoms with van der Waals surface area (Å²) in [5.41, 5.74) is 5.12. The number of hydrogen-bond donors (Lipinski definition) is 4. The first-order valence-electron chi connectivity index (χ1n) is 20.0. The Bertz CT molecular complexity index is 2220. The van der Waals surface area contributed by atoms with Crippen LogP contribution in [0.4, 0.5) is 27.5 Å². The van der Waals surface area contributed by atoms with E-state index in [2.05, 4.69) is 26.3 Å². The Balaban J connectivity index is 0.000000158. The highest BCUT2D eigenvalue weighted by Gasteiger charge is 2.31. The lowest BCUT2D eigenvalue weighted by atomic mass is 10.0. The van der Waals surface area contributed by atoms with Crippen molar-refractivity contribution < 1.29 is 33.4 Å². The number of nitrogens with zero attached hydrogens (tertiary/aromatic N) is 2. The number of likely N-dealkylation sites (tertiary alicyclic amines) is 1. The fourth-order valence-corrected chi connectivity index (χ4v) is 7.12. The Labute approximate surface area is 374 Å². The molecule has 0 aliphatic carbocycles. The van der Waals surface area contributed by atoms with E-state index in [0.717, 1.165) is 74.2 Å². The smallest absolute Gasteiger partial charge is 0.321 e. The lowest BCUT2D eigenvalue weighted by molar-refractivity contribution is -0.117. The standard InChI is InChI=1S/C20H19Cl2N3O3.C13H16N2O2.C7H3Cl2NO.C4H8O/c21-16-4-2-14(8-17(16)22)23-20(27)25-9-12(10-25)11-28-15-3-5-18-13(7-15)1-6-19(26)24-18;16-13-4-1-10-5-11(2-3-12(10)15-13)17-8-9-6-14-7-9;8-6-2-1-5(10-4-11)3-7(6)9;1-2-4-5-3-1/h2-5,7-8,12H,1,6,9-11H2,(H,23,27)(H,24,26);2-3,5,9,14H,1,4,6-8H2,(H,15,16);1-3H;1-4H2. The van der Waals surface area contributed by atoms with Gasteiger partial charge in [-0.15, -0.1) is 0 Å². The van der Waals surface area contributed by atoms with Crippen LogP contribution in [0.1, 0.15) is 36.8 Å². The minimum absolute atomic E-state index is 0.0508. The Morgan fingerprint density at radius 2 is 1.28 bits per heavy atom. The van der Waals surface area contributed by atoms with Crippen LogP contribution in [0, 0.1) is 11.8 Å². The molecule has 0 saturated carbocycles. The zero-order chi connectivity index (χ0) is 43.1. The highest BCUT2D eigenvalue weighted by atomic mass is 35.5. The van der Waals surface area contributed by atoms with Crippen LogP contribution in [0.2, 0.25) is 20.1 Å². The first-order valence-corrected chi connectivity index (χ1v) is 21.5. The van der Waals surface area contributed by atoms with Gasteiger partial charge in [0.25, 0.3) is 0 Å². The predicted molar refractivity (Wildman–Crippen MR) is 239 cm³/mol. The van der Waals surface area contributed by atoms with Gasteiger partial charge in [-0.25, -0.2) is 9.59 Å². The first kappa shape index (κ1) is 45.7. The van der Waals surface area contributed by atoms with Crippen molar-refractivity contribution >= 4 is 93.1 Å². The number of rotatable bonds is 8. The molecule has 5 aliphatic heterocycles. The topological polar surface area (TPSA) is 160 Å². The molecule has 4 amide bonds. The number of aliphatic imine (C=N–C) groups is 1. The minimum atomic E-state index is -0.167. The van der Waals surface area contributed by atoms with Crippen molar-refractivity contribution in [2.24, 2.45) is 16.8 Å². The maximum Gasteiger partial charge on any atom is 0.321 e. The van der Waals surface area contributed by atoms with Crippen LogP contribution in [0.15, 0.2) is 77.8 Å². The van der Waals surface area contributed by atoms with E-state index >= 15 is 0 Å². The number of carbonyl (C=O) groups excluding carboxylic acids is 4. The van der Waals surface area contributed by atoms with Crippen LogP contribution in [-0.4, -0.2) is 81.4 Å².